The summed E-state index contributed by atoms with van der Waals surface area (Å²) >= 11 is 0. The number of sulfonamides is 1. The van der Waals surface area contributed by atoms with E-state index in [4.69, 9.17) is 14.6 Å². The zero-order chi connectivity index (χ0) is 25.4. The third kappa shape index (κ3) is 6.99. The molecule has 0 spiro atoms. The van der Waals surface area contributed by atoms with Gasteiger partial charge < -0.3 is 19.9 Å². The Balaban J connectivity index is 1.44. The number of nitrogens with zero attached hydrogens (tertiary/aromatic N) is 3. The lowest BCUT2D eigenvalue weighted by Gasteiger charge is -2.23. The highest BCUT2D eigenvalue weighted by Gasteiger charge is 2.18. The zero-order valence-corrected chi connectivity index (χ0v) is 20.4. The van der Waals surface area contributed by atoms with Crippen LogP contribution in [-0.4, -0.2) is 56.0 Å². The fraction of sp³-hybridized carbons (Fsp3) is 0.320. The maximum atomic E-state index is 12.0. The number of aliphatic hydroxyl groups is 1. The number of aliphatic hydroxyl groups excluding tert-OH is 1. The Morgan fingerprint density at radius 3 is 2.64 bits per heavy atom. The Kier molecular flexibility index (Phi) is 8.45. The van der Waals surface area contributed by atoms with Crippen LogP contribution in [0, 0.1) is 11.3 Å². The normalized spacial score (nSPS) is 14.2. The van der Waals surface area contributed by atoms with E-state index in [1.54, 1.807) is 48.7 Å². The summed E-state index contributed by atoms with van der Waals surface area (Å²) in [5.41, 5.74) is 3.12. The molecular weight excluding hydrogens is 482 g/mol. The Morgan fingerprint density at radius 1 is 1.14 bits per heavy atom. The molecule has 1 aromatic heterocycles. The Morgan fingerprint density at radius 2 is 1.92 bits per heavy atom. The molecule has 0 bridgehead atoms. The number of benzene rings is 2. The molecule has 10 nitrogen and oxygen atoms in total. The number of ether oxygens (including phenoxy) is 2. The number of rotatable bonds is 10. The second kappa shape index (κ2) is 11.9. The number of nitriles is 1. The highest BCUT2D eigenvalue weighted by Crippen LogP contribution is 2.28. The fourth-order valence-corrected chi connectivity index (χ4v) is 4.85. The molecule has 188 valence electrons. The van der Waals surface area contributed by atoms with Crippen molar-refractivity contribution >= 4 is 21.7 Å². The number of nitrogens with one attached hydrogen (secondary N) is 2. The molecule has 1 saturated heterocycles. The standard InChI is InChI=1S/C25H27N5O5S/c26-16-20-15-19(3-6-24(20)35-22-8-13-34-14-9-22)23-7-10-27-25(30-23)29-21-4-1-18(2-5-21)17-36(32,33)28-11-12-31/h1-7,10,15,22,28,31H,8-9,11-14,17H2,(H,27,29,30). The van der Waals surface area contributed by atoms with Gasteiger partial charge in [-0.05, 0) is 42.0 Å². The van der Waals surface area contributed by atoms with Gasteiger partial charge in [-0.15, -0.1) is 0 Å². The van der Waals surface area contributed by atoms with Crippen molar-refractivity contribution in [3.05, 3.63) is 65.9 Å². The van der Waals surface area contributed by atoms with Crippen molar-refractivity contribution in [2.24, 2.45) is 0 Å². The van der Waals surface area contributed by atoms with Gasteiger partial charge in [0.2, 0.25) is 16.0 Å². The van der Waals surface area contributed by atoms with E-state index in [-0.39, 0.29) is 25.0 Å². The van der Waals surface area contributed by atoms with Crippen LogP contribution in [0.25, 0.3) is 11.3 Å². The van der Waals surface area contributed by atoms with Crippen LogP contribution < -0.4 is 14.8 Å². The van der Waals surface area contributed by atoms with Gasteiger partial charge in [-0.2, -0.15) is 5.26 Å². The Bertz CT molecular complexity index is 1320. The van der Waals surface area contributed by atoms with Gasteiger partial charge in [-0.25, -0.2) is 23.1 Å². The molecule has 36 heavy (non-hydrogen) atoms. The van der Waals surface area contributed by atoms with E-state index in [0.717, 1.165) is 18.4 Å². The van der Waals surface area contributed by atoms with E-state index < -0.39 is 10.0 Å². The number of aromatic nitrogens is 2. The molecule has 2 heterocycles. The van der Waals surface area contributed by atoms with E-state index in [1.165, 1.54) is 0 Å². The topological polar surface area (TPSA) is 146 Å². The largest absolute Gasteiger partial charge is 0.489 e. The Labute approximate surface area is 210 Å². The summed E-state index contributed by atoms with van der Waals surface area (Å²) in [7, 11) is -3.51. The van der Waals surface area contributed by atoms with Gasteiger partial charge in [0.25, 0.3) is 0 Å². The van der Waals surface area contributed by atoms with E-state index in [9.17, 15) is 13.7 Å². The van der Waals surface area contributed by atoms with Crippen LogP contribution in [0.2, 0.25) is 0 Å². The molecule has 1 fully saturated rings. The van der Waals surface area contributed by atoms with Crippen LogP contribution in [-0.2, 0) is 20.5 Å². The van der Waals surface area contributed by atoms with Crippen LogP contribution in [0.15, 0.2) is 54.7 Å². The smallest absolute Gasteiger partial charge is 0.227 e. The molecule has 0 saturated carbocycles. The summed E-state index contributed by atoms with van der Waals surface area (Å²) in [6.07, 6.45) is 3.25. The first kappa shape index (κ1) is 25.5. The third-order valence-electron chi connectivity index (χ3n) is 5.51. The van der Waals surface area contributed by atoms with Gasteiger partial charge in [0, 0.05) is 36.8 Å². The van der Waals surface area contributed by atoms with Crippen molar-refractivity contribution in [1.29, 1.82) is 5.26 Å². The van der Waals surface area contributed by atoms with Gasteiger partial charge in [0.1, 0.15) is 17.9 Å². The highest BCUT2D eigenvalue weighted by atomic mass is 32.2. The van der Waals surface area contributed by atoms with Crippen LogP contribution in [0.5, 0.6) is 5.75 Å². The molecule has 3 aromatic rings. The average molecular weight is 510 g/mol. The van der Waals surface area contributed by atoms with Gasteiger partial charge in [0.05, 0.1) is 36.8 Å². The SMILES string of the molecule is N#Cc1cc(-c2ccnc(Nc3ccc(CS(=O)(=O)NCCO)cc3)n2)ccc1OC1CCOCC1. The Hall–Kier alpha value is -3.56. The lowest BCUT2D eigenvalue weighted by Crippen LogP contribution is -2.27. The summed E-state index contributed by atoms with van der Waals surface area (Å²) in [6.45, 7) is 1.04. The first-order chi connectivity index (χ1) is 17.5. The minimum absolute atomic E-state index is 0.0167. The summed E-state index contributed by atoms with van der Waals surface area (Å²) in [5, 5.41) is 21.6. The van der Waals surface area contributed by atoms with Crippen molar-refractivity contribution in [2.45, 2.75) is 24.7 Å². The van der Waals surface area contributed by atoms with Gasteiger partial charge in [0.15, 0.2) is 0 Å². The van der Waals surface area contributed by atoms with Crippen molar-refractivity contribution in [2.75, 3.05) is 31.7 Å². The zero-order valence-electron chi connectivity index (χ0n) is 19.6. The lowest BCUT2D eigenvalue weighted by atomic mass is 10.1. The summed E-state index contributed by atoms with van der Waals surface area (Å²) in [5.74, 6) is 0.724. The number of hydrogen-bond acceptors (Lipinski definition) is 9. The van der Waals surface area contributed by atoms with Gasteiger partial charge in [-0.1, -0.05) is 12.1 Å². The monoisotopic (exact) mass is 509 g/mol. The third-order valence-corrected chi connectivity index (χ3v) is 6.87. The van der Waals surface area contributed by atoms with Crippen LogP contribution in [0.4, 0.5) is 11.6 Å². The molecule has 0 atom stereocenters. The minimum atomic E-state index is -3.51. The predicted molar refractivity (Wildman–Crippen MR) is 134 cm³/mol. The second-order valence-electron chi connectivity index (χ2n) is 8.22. The summed E-state index contributed by atoms with van der Waals surface area (Å²) in [6, 6.07) is 16.2. The molecule has 1 aliphatic rings. The van der Waals surface area contributed by atoms with Gasteiger partial charge >= 0.3 is 0 Å². The van der Waals surface area contributed by atoms with Crippen LogP contribution in [0.1, 0.15) is 24.0 Å². The first-order valence-corrected chi connectivity index (χ1v) is 13.2. The molecule has 0 amide bonds. The van der Waals surface area contributed by atoms with Crippen molar-refractivity contribution in [3.8, 4) is 23.1 Å². The average Bonchev–Trinajstić information content (AvgIpc) is 2.89. The van der Waals surface area contributed by atoms with E-state index in [1.807, 2.05) is 6.07 Å². The van der Waals surface area contributed by atoms with Crippen molar-refractivity contribution in [3.63, 3.8) is 0 Å². The maximum Gasteiger partial charge on any atom is 0.227 e. The second-order valence-corrected chi connectivity index (χ2v) is 10.0. The predicted octanol–water partition coefficient (Wildman–Crippen LogP) is 2.73. The highest BCUT2D eigenvalue weighted by molar-refractivity contribution is 7.88. The fourth-order valence-electron chi connectivity index (χ4n) is 3.72. The number of hydrogen-bond donors (Lipinski definition) is 3. The molecule has 0 aliphatic carbocycles. The molecule has 2 aromatic carbocycles. The molecule has 1 aliphatic heterocycles. The molecular formula is C25H27N5O5S. The lowest BCUT2D eigenvalue weighted by molar-refractivity contribution is 0.0254. The molecule has 11 heteroatoms. The van der Waals surface area contributed by atoms with Crippen LogP contribution in [0.3, 0.4) is 0 Å². The minimum Gasteiger partial charge on any atom is -0.489 e. The quantitative estimate of drug-likeness (QED) is 0.375. The summed E-state index contributed by atoms with van der Waals surface area (Å²) < 4.78 is 37.7. The molecule has 4 rings (SSSR count). The van der Waals surface area contributed by atoms with Crippen LogP contribution >= 0.6 is 0 Å². The van der Waals surface area contributed by atoms with Crippen molar-refractivity contribution in [1.82, 2.24) is 14.7 Å². The van der Waals surface area contributed by atoms with Gasteiger partial charge in [-0.3, -0.25) is 0 Å². The van der Waals surface area contributed by atoms with Crippen molar-refractivity contribution < 1.29 is 23.0 Å². The van der Waals surface area contributed by atoms with E-state index in [2.05, 4.69) is 26.1 Å². The molecule has 0 unspecified atom stereocenters. The van der Waals surface area contributed by atoms with E-state index in [0.29, 0.717) is 47.4 Å². The maximum absolute atomic E-state index is 12.0. The summed E-state index contributed by atoms with van der Waals surface area (Å²) in [4.78, 5) is 8.82. The molecule has 0 radical (unpaired) electrons. The first-order valence-electron chi connectivity index (χ1n) is 11.5. The molecule has 3 N–H and O–H groups in total. The van der Waals surface area contributed by atoms with E-state index >= 15 is 0 Å². The number of anilines is 2.